The van der Waals surface area contributed by atoms with Gasteiger partial charge < -0.3 is 15.0 Å². The number of piperidine rings is 1. The predicted molar refractivity (Wildman–Crippen MR) is 117 cm³/mol. The summed E-state index contributed by atoms with van der Waals surface area (Å²) in [5.74, 6) is 1.06. The van der Waals surface area contributed by atoms with E-state index in [1.807, 2.05) is 49.1 Å². The van der Waals surface area contributed by atoms with E-state index in [1.54, 1.807) is 6.07 Å². The molecule has 1 atom stereocenters. The van der Waals surface area contributed by atoms with E-state index < -0.39 is 0 Å². The van der Waals surface area contributed by atoms with E-state index in [4.69, 9.17) is 4.74 Å². The van der Waals surface area contributed by atoms with Crippen LogP contribution in [0.3, 0.4) is 0 Å². The van der Waals surface area contributed by atoms with Crippen molar-refractivity contribution in [2.75, 3.05) is 19.7 Å². The molecule has 1 aliphatic carbocycles. The summed E-state index contributed by atoms with van der Waals surface area (Å²) < 4.78 is 6.01. The van der Waals surface area contributed by atoms with Crippen LogP contribution in [0.1, 0.15) is 57.5 Å². The first-order valence-electron chi connectivity index (χ1n) is 10.9. The Labute approximate surface area is 178 Å². The molecule has 0 aromatic heterocycles. The maximum atomic E-state index is 13.0. The van der Waals surface area contributed by atoms with Gasteiger partial charge in [0.1, 0.15) is 5.75 Å². The number of rotatable bonds is 6. The van der Waals surface area contributed by atoms with Crippen molar-refractivity contribution in [2.24, 2.45) is 5.92 Å². The molecule has 1 saturated heterocycles. The van der Waals surface area contributed by atoms with Crippen molar-refractivity contribution in [3.05, 3.63) is 64.7 Å². The number of aryl methyl sites for hydroxylation is 2. The summed E-state index contributed by atoms with van der Waals surface area (Å²) in [6, 6.07) is 13.7. The number of hydrogen-bond acceptors (Lipinski definition) is 3. The monoisotopic (exact) mass is 406 g/mol. The average Bonchev–Trinajstić information content (AvgIpc) is 3.55. The van der Waals surface area contributed by atoms with Gasteiger partial charge in [-0.3, -0.25) is 9.59 Å². The largest absolute Gasteiger partial charge is 0.493 e. The van der Waals surface area contributed by atoms with E-state index in [-0.39, 0.29) is 17.7 Å². The molecule has 0 radical (unpaired) electrons. The zero-order chi connectivity index (χ0) is 21.1. The third-order valence-corrected chi connectivity index (χ3v) is 5.77. The van der Waals surface area contributed by atoms with Crippen molar-refractivity contribution < 1.29 is 14.3 Å². The van der Waals surface area contributed by atoms with Gasteiger partial charge in [-0.2, -0.15) is 0 Å². The van der Waals surface area contributed by atoms with Crippen LogP contribution in [0.4, 0.5) is 0 Å². The molecule has 5 heteroatoms. The number of nitrogens with zero attached hydrogens (tertiary/aromatic N) is 1. The van der Waals surface area contributed by atoms with E-state index in [0.717, 1.165) is 48.9 Å². The van der Waals surface area contributed by atoms with Crippen molar-refractivity contribution >= 4 is 11.8 Å². The van der Waals surface area contributed by atoms with Crippen LogP contribution < -0.4 is 10.1 Å². The molecule has 1 saturated carbocycles. The van der Waals surface area contributed by atoms with Gasteiger partial charge in [0.15, 0.2) is 0 Å². The Kier molecular flexibility index (Phi) is 6.07. The van der Waals surface area contributed by atoms with E-state index in [1.165, 1.54) is 0 Å². The first kappa shape index (κ1) is 20.5. The second kappa shape index (κ2) is 8.90. The molecule has 5 nitrogen and oxygen atoms in total. The molecule has 158 valence electrons. The maximum absolute atomic E-state index is 13.0. The highest BCUT2D eigenvalue weighted by molar-refractivity contribution is 5.95. The highest BCUT2D eigenvalue weighted by Crippen LogP contribution is 2.23. The summed E-state index contributed by atoms with van der Waals surface area (Å²) >= 11 is 0. The molecule has 2 aliphatic rings. The van der Waals surface area contributed by atoms with Gasteiger partial charge in [-0.15, -0.1) is 0 Å². The minimum Gasteiger partial charge on any atom is -0.493 e. The molecule has 30 heavy (non-hydrogen) atoms. The molecule has 1 N–H and O–H groups in total. The normalized spacial score (nSPS) is 18.7. The molecule has 2 aromatic carbocycles. The molecule has 1 heterocycles. The average molecular weight is 407 g/mol. The van der Waals surface area contributed by atoms with Gasteiger partial charge in [0.25, 0.3) is 11.8 Å². The van der Waals surface area contributed by atoms with Crippen molar-refractivity contribution in [3.8, 4) is 5.75 Å². The third kappa shape index (κ3) is 5.21. The smallest absolute Gasteiger partial charge is 0.253 e. The number of benzene rings is 2. The molecule has 0 spiro atoms. The number of nitrogens with one attached hydrogen (secondary N) is 1. The first-order chi connectivity index (χ1) is 14.5. The van der Waals surface area contributed by atoms with E-state index in [2.05, 4.69) is 11.4 Å². The Morgan fingerprint density at radius 1 is 1.03 bits per heavy atom. The lowest BCUT2D eigenvalue weighted by Crippen LogP contribution is -2.41. The number of likely N-dealkylation sites (tertiary alicyclic amines) is 1. The number of ether oxygens (including phenoxy) is 1. The summed E-state index contributed by atoms with van der Waals surface area (Å²) in [4.78, 5) is 27.2. The van der Waals surface area contributed by atoms with Gasteiger partial charge in [-0.25, -0.2) is 0 Å². The Hall–Kier alpha value is -2.82. The molecular weight excluding hydrogens is 376 g/mol. The molecule has 2 aromatic rings. The van der Waals surface area contributed by atoms with E-state index in [0.29, 0.717) is 30.5 Å². The Bertz CT molecular complexity index is 915. The van der Waals surface area contributed by atoms with Crippen LogP contribution in [0.2, 0.25) is 0 Å². The lowest BCUT2D eigenvalue weighted by molar-refractivity contribution is 0.0632. The molecule has 2 amide bonds. The van der Waals surface area contributed by atoms with Gasteiger partial charge in [0.2, 0.25) is 0 Å². The van der Waals surface area contributed by atoms with Crippen molar-refractivity contribution in [1.29, 1.82) is 0 Å². The van der Waals surface area contributed by atoms with Crippen LogP contribution in [0.5, 0.6) is 5.75 Å². The number of amides is 2. The van der Waals surface area contributed by atoms with Crippen LogP contribution in [0.15, 0.2) is 42.5 Å². The molecule has 2 fully saturated rings. The van der Waals surface area contributed by atoms with E-state index in [9.17, 15) is 9.59 Å². The Balaban J connectivity index is 1.34. The Morgan fingerprint density at radius 3 is 2.53 bits per heavy atom. The molecule has 1 aliphatic heterocycles. The minimum absolute atomic E-state index is 0.0363. The topological polar surface area (TPSA) is 58.6 Å². The summed E-state index contributed by atoms with van der Waals surface area (Å²) in [6.45, 7) is 6.09. The lowest BCUT2D eigenvalue weighted by atomic mass is 9.97. The van der Waals surface area contributed by atoms with Crippen molar-refractivity contribution in [1.82, 2.24) is 10.2 Å². The fraction of sp³-hybridized carbons (Fsp3) is 0.440. The number of carbonyl (C=O) groups is 2. The second-order valence-electron chi connectivity index (χ2n) is 8.72. The van der Waals surface area contributed by atoms with Crippen LogP contribution >= 0.6 is 0 Å². The summed E-state index contributed by atoms with van der Waals surface area (Å²) in [6.07, 6.45) is 4.16. The summed E-state index contributed by atoms with van der Waals surface area (Å²) in [7, 11) is 0. The van der Waals surface area contributed by atoms with Crippen LogP contribution in [0.25, 0.3) is 0 Å². The van der Waals surface area contributed by atoms with Crippen LogP contribution in [0, 0.1) is 19.8 Å². The highest BCUT2D eigenvalue weighted by atomic mass is 16.5. The third-order valence-electron chi connectivity index (χ3n) is 5.77. The van der Waals surface area contributed by atoms with Gasteiger partial charge in [-0.05, 0) is 69.9 Å². The van der Waals surface area contributed by atoms with Gasteiger partial charge >= 0.3 is 0 Å². The second-order valence-corrected chi connectivity index (χ2v) is 8.72. The van der Waals surface area contributed by atoms with Crippen LogP contribution in [-0.2, 0) is 0 Å². The Morgan fingerprint density at radius 2 is 1.80 bits per heavy atom. The fourth-order valence-electron chi connectivity index (χ4n) is 4.10. The van der Waals surface area contributed by atoms with Gasteiger partial charge in [0, 0.05) is 36.2 Å². The van der Waals surface area contributed by atoms with E-state index >= 15 is 0 Å². The summed E-state index contributed by atoms with van der Waals surface area (Å²) in [5.41, 5.74) is 3.62. The molecule has 0 unspecified atom stereocenters. The minimum atomic E-state index is -0.0363. The summed E-state index contributed by atoms with van der Waals surface area (Å²) in [5, 5.41) is 3.01. The van der Waals surface area contributed by atoms with Crippen LogP contribution in [-0.4, -0.2) is 42.5 Å². The first-order valence-corrected chi connectivity index (χ1v) is 10.9. The molecule has 0 bridgehead atoms. The highest BCUT2D eigenvalue weighted by Gasteiger charge is 2.26. The molecular formula is C25H30N2O3. The zero-order valence-electron chi connectivity index (χ0n) is 17.8. The standard InChI is InChI=1S/C25H30N2O3/c1-17-11-18(2)13-21(12-17)25(29)27-10-4-5-19(15-27)16-30-23-7-3-6-20(14-23)24(28)26-22-8-9-22/h3,6-7,11-14,19,22H,4-5,8-10,15-16H2,1-2H3,(H,26,28)/t19-/m1/s1. The molecule has 4 rings (SSSR count). The fourth-order valence-corrected chi connectivity index (χ4v) is 4.10. The van der Waals surface area contributed by atoms with Gasteiger partial charge in [-0.1, -0.05) is 23.3 Å². The van der Waals surface area contributed by atoms with Crippen molar-refractivity contribution in [3.63, 3.8) is 0 Å². The quantitative estimate of drug-likeness (QED) is 0.785. The maximum Gasteiger partial charge on any atom is 0.253 e. The number of carbonyl (C=O) groups excluding carboxylic acids is 2. The predicted octanol–water partition coefficient (Wildman–Crippen LogP) is 4.13. The van der Waals surface area contributed by atoms with Gasteiger partial charge in [0.05, 0.1) is 6.61 Å². The number of hydrogen-bond donors (Lipinski definition) is 1. The lowest BCUT2D eigenvalue weighted by Gasteiger charge is -2.33. The zero-order valence-corrected chi connectivity index (χ0v) is 17.8. The SMILES string of the molecule is Cc1cc(C)cc(C(=O)N2CCC[C@@H](COc3cccc(C(=O)NC4CC4)c3)C2)c1. The van der Waals surface area contributed by atoms with Crippen molar-refractivity contribution in [2.45, 2.75) is 45.6 Å².